The molecule has 0 rings (SSSR count). The van der Waals surface area contributed by atoms with Gasteiger partial charge in [-0.25, -0.2) is 0 Å². The Bertz CT molecular complexity index is 109. The summed E-state index contributed by atoms with van der Waals surface area (Å²) in [6.45, 7) is 5.38. The fraction of sp³-hybridized carbons (Fsp3) is 0.400. The van der Waals surface area contributed by atoms with Crippen molar-refractivity contribution in [3.63, 3.8) is 0 Å². The lowest BCUT2D eigenvalue weighted by Gasteiger charge is -1.96. The summed E-state index contributed by atoms with van der Waals surface area (Å²) in [7, 11) is 0. The fourth-order valence-corrected chi connectivity index (χ4v) is 0.711. The van der Waals surface area contributed by atoms with Crippen LogP contribution in [-0.2, 0) is 0 Å². The zero-order valence-electron chi connectivity index (χ0n) is 4.90. The molecule has 3 heteroatoms. The van der Waals surface area contributed by atoms with Gasteiger partial charge >= 0.3 is 0 Å². The minimum Gasteiger partial charge on any atom is -0.397 e. The number of nitrogens with two attached hydrogens (primary N) is 1. The lowest BCUT2D eigenvalue weighted by atomic mass is 10.6. The van der Waals surface area contributed by atoms with E-state index in [1.165, 1.54) is 11.8 Å². The molecule has 0 amide bonds. The van der Waals surface area contributed by atoms with E-state index in [4.69, 9.17) is 11.1 Å². The third-order valence-electron chi connectivity index (χ3n) is 0.580. The molecule has 0 fully saturated rings. The second kappa shape index (κ2) is 3.55. The van der Waals surface area contributed by atoms with Gasteiger partial charge in [0.2, 0.25) is 0 Å². The van der Waals surface area contributed by atoms with Crippen LogP contribution in [0.4, 0.5) is 0 Å². The molecule has 2 nitrogen and oxygen atoms in total. The summed E-state index contributed by atoms with van der Waals surface area (Å²) in [6.07, 6.45) is 0. The van der Waals surface area contributed by atoms with Gasteiger partial charge in [-0.2, -0.15) is 0 Å². The largest absolute Gasteiger partial charge is 0.397 e. The molecule has 0 unspecified atom stereocenters. The highest BCUT2D eigenvalue weighted by atomic mass is 32.2. The van der Waals surface area contributed by atoms with Crippen LogP contribution in [0.2, 0.25) is 0 Å². The van der Waals surface area contributed by atoms with E-state index in [0.717, 1.165) is 5.75 Å². The predicted octanol–water partition coefficient (Wildman–Crippen LogP) is 1.19. The molecule has 3 N–H and O–H groups in total. The monoisotopic (exact) mass is 130 g/mol. The maximum absolute atomic E-state index is 7.08. The van der Waals surface area contributed by atoms with E-state index in [1.807, 2.05) is 6.92 Å². The topological polar surface area (TPSA) is 49.9 Å². The van der Waals surface area contributed by atoms with Gasteiger partial charge in [0.1, 0.15) is 5.04 Å². The highest BCUT2D eigenvalue weighted by Crippen LogP contribution is 2.03. The highest BCUT2D eigenvalue weighted by molar-refractivity contribution is 8.14. The Morgan fingerprint density at radius 2 is 2.38 bits per heavy atom. The first kappa shape index (κ1) is 7.56. The van der Waals surface area contributed by atoms with Crippen LogP contribution in [0, 0.1) is 5.41 Å². The first-order chi connectivity index (χ1) is 3.68. The molecule has 0 aliphatic heterocycles. The molecule has 0 saturated carbocycles. The lowest BCUT2D eigenvalue weighted by molar-refractivity contribution is 1.45. The highest BCUT2D eigenvalue weighted by Gasteiger charge is 1.93. The van der Waals surface area contributed by atoms with Crippen LogP contribution in [0.15, 0.2) is 12.3 Å². The molecule has 0 heterocycles. The summed E-state index contributed by atoms with van der Waals surface area (Å²) < 4.78 is 0. The second-order valence-electron chi connectivity index (χ2n) is 1.29. The SMILES string of the molecule is C=C(N)C(=N)SCC. The van der Waals surface area contributed by atoms with Gasteiger partial charge in [-0.15, -0.1) is 11.8 Å². The van der Waals surface area contributed by atoms with Crippen molar-refractivity contribution < 1.29 is 0 Å². The molecule has 0 aliphatic rings. The van der Waals surface area contributed by atoms with E-state index in [-0.39, 0.29) is 0 Å². The third kappa shape index (κ3) is 2.69. The van der Waals surface area contributed by atoms with Gasteiger partial charge in [-0.05, 0) is 5.75 Å². The third-order valence-corrected chi connectivity index (χ3v) is 1.42. The molecule has 0 aromatic heterocycles. The molecular weight excluding hydrogens is 120 g/mol. The van der Waals surface area contributed by atoms with Crippen LogP contribution in [0.3, 0.4) is 0 Å². The van der Waals surface area contributed by atoms with Crippen molar-refractivity contribution >= 4 is 16.8 Å². The van der Waals surface area contributed by atoms with Crippen LogP contribution in [0.5, 0.6) is 0 Å². The number of hydrogen-bond acceptors (Lipinski definition) is 3. The minimum absolute atomic E-state index is 0.358. The van der Waals surface area contributed by atoms with Crippen molar-refractivity contribution in [2.75, 3.05) is 5.75 Å². The van der Waals surface area contributed by atoms with E-state index in [2.05, 4.69) is 6.58 Å². The number of thioether (sulfide) groups is 1. The quantitative estimate of drug-likeness (QED) is 0.435. The summed E-state index contributed by atoms with van der Waals surface area (Å²) in [5, 5.41) is 7.46. The Morgan fingerprint density at radius 1 is 1.88 bits per heavy atom. The Balaban J connectivity index is 3.49. The number of nitrogens with one attached hydrogen (secondary N) is 1. The van der Waals surface area contributed by atoms with Gasteiger partial charge in [0, 0.05) is 0 Å². The van der Waals surface area contributed by atoms with Gasteiger partial charge < -0.3 is 5.73 Å². The molecule has 0 bridgehead atoms. The molecule has 0 aliphatic carbocycles. The van der Waals surface area contributed by atoms with Crippen molar-refractivity contribution in [1.29, 1.82) is 5.41 Å². The molecule has 0 radical (unpaired) electrons. The van der Waals surface area contributed by atoms with Gasteiger partial charge in [0.15, 0.2) is 0 Å². The van der Waals surface area contributed by atoms with Crippen LogP contribution < -0.4 is 5.73 Å². The van der Waals surface area contributed by atoms with Gasteiger partial charge in [-0.1, -0.05) is 13.5 Å². The Kier molecular flexibility index (Phi) is 3.35. The van der Waals surface area contributed by atoms with Crippen molar-refractivity contribution in [2.24, 2.45) is 5.73 Å². The van der Waals surface area contributed by atoms with E-state index in [1.54, 1.807) is 0 Å². The van der Waals surface area contributed by atoms with Crippen molar-refractivity contribution in [3.05, 3.63) is 12.3 Å². The van der Waals surface area contributed by atoms with Gasteiger partial charge in [0.05, 0.1) is 5.70 Å². The zero-order chi connectivity index (χ0) is 6.57. The van der Waals surface area contributed by atoms with Crippen molar-refractivity contribution in [3.8, 4) is 0 Å². The summed E-state index contributed by atoms with van der Waals surface area (Å²) in [6, 6.07) is 0. The average molecular weight is 130 g/mol. The Morgan fingerprint density at radius 3 is 2.50 bits per heavy atom. The molecular formula is C5H10N2S. The van der Waals surface area contributed by atoms with E-state index in [0.29, 0.717) is 10.7 Å². The standard InChI is InChI=1S/C5H10N2S/c1-3-8-5(7)4(2)6/h7H,2-3,6H2,1H3. The summed E-state index contributed by atoms with van der Waals surface area (Å²) in [4.78, 5) is 0. The molecule has 0 aromatic carbocycles. The van der Waals surface area contributed by atoms with E-state index >= 15 is 0 Å². The Labute approximate surface area is 53.7 Å². The predicted molar refractivity (Wildman–Crippen MR) is 39.2 cm³/mol. The van der Waals surface area contributed by atoms with Gasteiger partial charge in [0.25, 0.3) is 0 Å². The van der Waals surface area contributed by atoms with Crippen LogP contribution in [0.1, 0.15) is 6.92 Å². The molecule has 0 atom stereocenters. The van der Waals surface area contributed by atoms with Crippen LogP contribution in [0.25, 0.3) is 0 Å². The zero-order valence-corrected chi connectivity index (χ0v) is 5.72. The maximum Gasteiger partial charge on any atom is 0.110 e. The van der Waals surface area contributed by atoms with Crippen molar-refractivity contribution in [1.82, 2.24) is 0 Å². The maximum atomic E-state index is 7.08. The minimum atomic E-state index is 0.358. The van der Waals surface area contributed by atoms with Crippen molar-refractivity contribution in [2.45, 2.75) is 6.92 Å². The van der Waals surface area contributed by atoms with E-state index in [9.17, 15) is 0 Å². The number of hydrogen-bond donors (Lipinski definition) is 2. The first-order valence-electron chi connectivity index (χ1n) is 2.34. The lowest BCUT2D eigenvalue weighted by Crippen LogP contribution is -2.04. The van der Waals surface area contributed by atoms with Crippen LogP contribution >= 0.6 is 11.8 Å². The summed E-state index contributed by atoms with van der Waals surface area (Å²) in [5.74, 6) is 0.884. The molecule has 8 heavy (non-hydrogen) atoms. The summed E-state index contributed by atoms with van der Waals surface area (Å²) >= 11 is 1.40. The normalized spacial score (nSPS) is 8.62. The van der Waals surface area contributed by atoms with Crippen LogP contribution in [-0.4, -0.2) is 10.8 Å². The number of rotatable bonds is 2. The molecule has 46 valence electrons. The van der Waals surface area contributed by atoms with Gasteiger partial charge in [-0.3, -0.25) is 5.41 Å². The fourth-order valence-electron chi connectivity index (χ4n) is 0.237. The second-order valence-corrected chi connectivity index (χ2v) is 2.56. The first-order valence-corrected chi connectivity index (χ1v) is 3.33. The van der Waals surface area contributed by atoms with E-state index < -0.39 is 0 Å². The summed E-state index contributed by atoms with van der Waals surface area (Å²) in [5.41, 5.74) is 5.54. The smallest absolute Gasteiger partial charge is 0.110 e. The molecule has 0 spiro atoms. The Hall–Kier alpha value is -0.440. The average Bonchev–Trinajstić information content (AvgIpc) is 1.67. The molecule has 0 saturated heterocycles. The molecule has 0 aromatic rings.